The summed E-state index contributed by atoms with van der Waals surface area (Å²) in [7, 11) is 1.21. The Hall–Kier alpha value is -3.33. The van der Waals surface area contributed by atoms with Gasteiger partial charge in [-0.25, -0.2) is 0 Å². The Bertz CT molecular complexity index is 1070. The SMILES string of the molecule is COc1cc(C)c(CNCC(NC(=O)c2cc(C)on2)c2ccccc2)cc1C(F)(F)F. The van der Waals surface area contributed by atoms with Gasteiger partial charge in [0.1, 0.15) is 11.5 Å². The van der Waals surface area contributed by atoms with Crippen LogP contribution >= 0.6 is 0 Å². The van der Waals surface area contributed by atoms with Crippen molar-refractivity contribution >= 4 is 5.91 Å². The van der Waals surface area contributed by atoms with Gasteiger partial charge in [0.15, 0.2) is 5.69 Å². The summed E-state index contributed by atoms with van der Waals surface area (Å²) < 4.78 is 49.9. The molecule has 3 rings (SSSR count). The number of rotatable bonds is 8. The van der Waals surface area contributed by atoms with Gasteiger partial charge >= 0.3 is 6.18 Å². The minimum absolute atomic E-state index is 0.157. The molecule has 0 bridgehead atoms. The fraction of sp³-hybridized carbons (Fsp3) is 0.304. The van der Waals surface area contributed by atoms with Gasteiger partial charge in [-0.3, -0.25) is 4.79 Å². The predicted molar refractivity (Wildman–Crippen MR) is 112 cm³/mol. The summed E-state index contributed by atoms with van der Waals surface area (Å²) in [6.07, 6.45) is -4.52. The highest BCUT2D eigenvalue weighted by molar-refractivity contribution is 5.92. The number of carbonyl (C=O) groups excluding carboxylic acids is 1. The molecule has 6 nitrogen and oxygen atoms in total. The minimum Gasteiger partial charge on any atom is -0.496 e. The van der Waals surface area contributed by atoms with E-state index in [-0.39, 0.29) is 18.0 Å². The van der Waals surface area contributed by atoms with Crippen molar-refractivity contribution in [1.29, 1.82) is 0 Å². The van der Waals surface area contributed by atoms with E-state index < -0.39 is 23.7 Å². The molecule has 3 aromatic rings. The van der Waals surface area contributed by atoms with Crippen molar-refractivity contribution in [2.24, 2.45) is 0 Å². The second-order valence-electron chi connectivity index (χ2n) is 7.37. The number of nitrogens with zero attached hydrogens (tertiary/aromatic N) is 1. The van der Waals surface area contributed by atoms with Crippen molar-refractivity contribution in [3.05, 3.63) is 82.2 Å². The lowest BCUT2D eigenvalue weighted by Gasteiger charge is -2.20. The normalized spacial score (nSPS) is 12.4. The topological polar surface area (TPSA) is 76.4 Å². The van der Waals surface area contributed by atoms with Gasteiger partial charge in [0.05, 0.1) is 18.7 Å². The van der Waals surface area contributed by atoms with Gasteiger partial charge in [-0.2, -0.15) is 13.2 Å². The van der Waals surface area contributed by atoms with Crippen LogP contribution in [0.4, 0.5) is 13.2 Å². The van der Waals surface area contributed by atoms with Crippen LogP contribution in [0.5, 0.6) is 5.75 Å². The first-order chi connectivity index (χ1) is 15.2. The van der Waals surface area contributed by atoms with E-state index in [0.29, 0.717) is 23.4 Å². The third kappa shape index (κ3) is 5.67. The monoisotopic (exact) mass is 447 g/mol. The third-order valence-electron chi connectivity index (χ3n) is 5.00. The molecule has 1 unspecified atom stereocenters. The number of aryl methyl sites for hydroxylation is 2. The lowest BCUT2D eigenvalue weighted by molar-refractivity contribution is -0.138. The van der Waals surface area contributed by atoms with Crippen molar-refractivity contribution in [2.45, 2.75) is 32.6 Å². The Kier molecular flexibility index (Phi) is 7.19. The van der Waals surface area contributed by atoms with E-state index in [9.17, 15) is 18.0 Å². The van der Waals surface area contributed by atoms with E-state index in [0.717, 1.165) is 11.6 Å². The molecule has 0 saturated carbocycles. The number of halogens is 3. The van der Waals surface area contributed by atoms with Crippen LogP contribution in [0.2, 0.25) is 0 Å². The quantitative estimate of drug-likeness (QED) is 0.529. The molecule has 1 aromatic heterocycles. The summed E-state index contributed by atoms with van der Waals surface area (Å²) in [6, 6.07) is 12.8. The van der Waals surface area contributed by atoms with Crippen LogP contribution in [-0.4, -0.2) is 24.7 Å². The van der Waals surface area contributed by atoms with E-state index in [1.54, 1.807) is 13.8 Å². The molecule has 170 valence electrons. The highest BCUT2D eigenvalue weighted by Crippen LogP contribution is 2.37. The molecule has 1 heterocycles. The smallest absolute Gasteiger partial charge is 0.419 e. The van der Waals surface area contributed by atoms with Crippen molar-refractivity contribution in [3.63, 3.8) is 0 Å². The van der Waals surface area contributed by atoms with Crippen molar-refractivity contribution in [1.82, 2.24) is 15.8 Å². The number of hydrogen-bond acceptors (Lipinski definition) is 5. The second-order valence-corrected chi connectivity index (χ2v) is 7.37. The maximum absolute atomic E-state index is 13.4. The molecule has 0 radical (unpaired) electrons. The third-order valence-corrected chi connectivity index (χ3v) is 5.00. The standard InChI is InChI=1S/C23H24F3N3O3/c1-14-9-21(31-3)18(23(24,25)26)11-17(14)12-27-13-20(16-7-5-4-6-8-16)28-22(30)19-10-15(2)32-29-19/h4-11,20,27H,12-13H2,1-3H3,(H,28,30). The average Bonchev–Trinajstić information content (AvgIpc) is 3.20. The maximum Gasteiger partial charge on any atom is 0.419 e. The first-order valence-electron chi connectivity index (χ1n) is 9.93. The Balaban J connectivity index is 1.75. The van der Waals surface area contributed by atoms with Gasteiger partial charge < -0.3 is 19.9 Å². The fourth-order valence-electron chi connectivity index (χ4n) is 3.30. The summed E-state index contributed by atoms with van der Waals surface area (Å²) >= 11 is 0. The number of alkyl halides is 3. The van der Waals surface area contributed by atoms with E-state index in [2.05, 4.69) is 15.8 Å². The zero-order valence-electron chi connectivity index (χ0n) is 17.9. The van der Waals surface area contributed by atoms with Gasteiger partial charge in [-0.15, -0.1) is 0 Å². The number of aromatic nitrogens is 1. The number of nitrogens with one attached hydrogen (secondary N) is 2. The van der Waals surface area contributed by atoms with Crippen LogP contribution in [0.15, 0.2) is 53.1 Å². The molecule has 1 amide bonds. The number of hydrogen-bond donors (Lipinski definition) is 2. The average molecular weight is 447 g/mol. The molecule has 32 heavy (non-hydrogen) atoms. The van der Waals surface area contributed by atoms with Gasteiger partial charge in [0.2, 0.25) is 0 Å². The highest BCUT2D eigenvalue weighted by atomic mass is 19.4. The number of carbonyl (C=O) groups is 1. The number of methoxy groups -OCH3 is 1. The predicted octanol–water partition coefficient (Wildman–Crippen LogP) is 4.58. The van der Waals surface area contributed by atoms with E-state index >= 15 is 0 Å². The summed E-state index contributed by atoms with van der Waals surface area (Å²) in [5, 5.41) is 9.77. The summed E-state index contributed by atoms with van der Waals surface area (Å²) in [5.74, 6) is -0.103. The Morgan fingerprint density at radius 1 is 1.16 bits per heavy atom. The van der Waals surface area contributed by atoms with Crippen LogP contribution in [0.25, 0.3) is 0 Å². The Morgan fingerprint density at radius 3 is 2.47 bits per heavy atom. The van der Waals surface area contributed by atoms with Gasteiger partial charge in [0.25, 0.3) is 5.91 Å². The van der Waals surface area contributed by atoms with Gasteiger partial charge in [0, 0.05) is 19.2 Å². The molecule has 2 N–H and O–H groups in total. The number of ether oxygens (including phenoxy) is 1. The van der Waals surface area contributed by atoms with Crippen molar-refractivity contribution in [3.8, 4) is 5.75 Å². The zero-order chi connectivity index (χ0) is 23.3. The maximum atomic E-state index is 13.4. The van der Waals surface area contributed by atoms with Crippen molar-refractivity contribution in [2.75, 3.05) is 13.7 Å². The van der Waals surface area contributed by atoms with E-state index in [1.165, 1.54) is 19.2 Å². The molecule has 0 saturated heterocycles. The molecule has 0 aliphatic rings. The van der Waals surface area contributed by atoms with Gasteiger partial charge in [-0.1, -0.05) is 35.5 Å². The lowest BCUT2D eigenvalue weighted by atomic mass is 10.0. The summed E-state index contributed by atoms with van der Waals surface area (Å²) in [5.41, 5.74) is 1.33. The van der Waals surface area contributed by atoms with Crippen LogP contribution in [0.3, 0.4) is 0 Å². The highest BCUT2D eigenvalue weighted by Gasteiger charge is 2.35. The molecule has 0 spiro atoms. The van der Waals surface area contributed by atoms with Crippen LogP contribution < -0.4 is 15.4 Å². The first kappa shape index (κ1) is 23.3. The van der Waals surface area contributed by atoms with Crippen LogP contribution in [0.1, 0.15) is 44.5 Å². The van der Waals surface area contributed by atoms with Gasteiger partial charge in [-0.05, 0) is 42.7 Å². The molecule has 0 fully saturated rings. The molecular weight excluding hydrogens is 423 g/mol. The first-order valence-corrected chi connectivity index (χ1v) is 9.93. The largest absolute Gasteiger partial charge is 0.496 e. The molecular formula is C23H24F3N3O3. The number of benzene rings is 2. The van der Waals surface area contributed by atoms with Crippen LogP contribution in [0, 0.1) is 13.8 Å². The minimum atomic E-state index is -4.52. The second kappa shape index (κ2) is 9.86. The van der Waals surface area contributed by atoms with E-state index in [1.807, 2.05) is 30.3 Å². The lowest BCUT2D eigenvalue weighted by Crippen LogP contribution is -2.35. The molecule has 0 aliphatic carbocycles. The molecule has 9 heteroatoms. The zero-order valence-corrected chi connectivity index (χ0v) is 17.9. The number of amides is 1. The van der Waals surface area contributed by atoms with Crippen LogP contribution in [-0.2, 0) is 12.7 Å². The molecule has 2 aromatic carbocycles. The Labute approximate surface area is 183 Å². The van der Waals surface area contributed by atoms with E-state index in [4.69, 9.17) is 9.26 Å². The molecule has 0 aliphatic heterocycles. The van der Waals surface area contributed by atoms with Crippen molar-refractivity contribution < 1.29 is 27.2 Å². The fourth-order valence-corrected chi connectivity index (χ4v) is 3.30. The summed E-state index contributed by atoms with van der Waals surface area (Å²) in [6.45, 7) is 3.88. The Morgan fingerprint density at radius 2 is 1.88 bits per heavy atom. The summed E-state index contributed by atoms with van der Waals surface area (Å²) in [4.78, 5) is 12.6. The molecule has 1 atom stereocenters.